The number of carbonyl (C=O) groups is 2. The van der Waals surface area contributed by atoms with Crippen LogP contribution in [0.25, 0.3) is 6.08 Å². The summed E-state index contributed by atoms with van der Waals surface area (Å²) in [4.78, 5) is 28.2. The minimum absolute atomic E-state index is 0.0927. The lowest BCUT2D eigenvalue weighted by molar-refractivity contribution is -0.121. The number of carbonyl (C=O) groups excluding carboxylic acids is 2. The molecule has 0 saturated carbocycles. The van der Waals surface area contributed by atoms with Crippen LogP contribution in [0.2, 0.25) is 0 Å². The largest absolute Gasteiger partial charge is 0.487 e. The van der Waals surface area contributed by atoms with Gasteiger partial charge in [-0.25, -0.2) is 13.8 Å². The molecule has 2 aromatic carbocycles. The van der Waals surface area contributed by atoms with Crippen LogP contribution in [0.4, 0.5) is 14.5 Å². The van der Waals surface area contributed by atoms with Crippen molar-refractivity contribution in [2.75, 3.05) is 11.9 Å². The van der Waals surface area contributed by atoms with E-state index in [4.69, 9.17) is 4.74 Å². The van der Waals surface area contributed by atoms with E-state index < -0.39 is 23.4 Å². The van der Waals surface area contributed by atoms with E-state index in [0.29, 0.717) is 17.9 Å². The first kappa shape index (κ1) is 22.1. The van der Waals surface area contributed by atoms with Crippen LogP contribution in [-0.2, 0) is 16.2 Å². The maximum absolute atomic E-state index is 13.2. The summed E-state index contributed by atoms with van der Waals surface area (Å²) in [5.41, 5.74) is 1.61. The van der Waals surface area contributed by atoms with Crippen LogP contribution in [0.3, 0.4) is 0 Å². The molecule has 0 unspecified atom stereocenters. The molecule has 31 heavy (non-hydrogen) atoms. The maximum atomic E-state index is 13.2. The van der Waals surface area contributed by atoms with E-state index in [1.54, 1.807) is 29.5 Å². The summed E-state index contributed by atoms with van der Waals surface area (Å²) >= 11 is 1.54. The Bertz CT molecular complexity index is 1110. The van der Waals surface area contributed by atoms with E-state index in [2.05, 4.69) is 15.6 Å². The number of anilines is 1. The van der Waals surface area contributed by atoms with Crippen LogP contribution in [0, 0.1) is 18.6 Å². The molecule has 0 aliphatic rings. The number of aryl methyl sites for hydroxylation is 1. The number of rotatable bonds is 8. The van der Waals surface area contributed by atoms with Crippen molar-refractivity contribution in [2.24, 2.45) is 0 Å². The Morgan fingerprint density at radius 1 is 1.16 bits per heavy atom. The Hall–Kier alpha value is -3.59. The van der Waals surface area contributed by atoms with Crippen molar-refractivity contribution < 1.29 is 23.1 Å². The summed E-state index contributed by atoms with van der Waals surface area (Å²) in [5.74, 6) is -2.56. The van der Waals surface area contributed by atoms with E-state index in [1.807, 2.05) is 24.4 Å². The Morgan fingerprint density at radius 2 is 1.97 bits per heavy atom. The lowest BCUT2D eigenvalue weighted by Crippen LogP contribution is -2.31. The molecule has 9 heteroatoms. The van der Waals surface area contributed by atoms with Gasteiger partial charge in [-0.05, 0) is 31.2 Å². The van der Waals surface area contributed by atoms with Gasteiger partial charge >= 0.3 is 0 Å². The zero-order chi connectivity index (χ0) is 22.2. The molecule has 6 nitrogen and oxygen atoms in total. The van der Waals surface area contributed by atoms with Gasteiger partial charge in [0.25, 0.3) is 0 Å². The molecule has 1 aromatic heterocycles. The number of nitrogens with one attached hydrogen (secondary N) is 2. The Kier molecular flexibility index (Phi) is 7.45. The predicted molar refractivity (Wildman–Crippen MR) is 115 cm³/mol. The van der Waals surface area contributed by atoms with Crippen LogP contribution in [0.5, 0.6) is 5.75 Å². The van der Waals surface area contributed by atoms with Gasteiger partial charge in [0, 0.05) is 28.8 Å². The molecular weight excluding hydrogens is 424 g/mol. The molecule has 0 bridgehead atoms. The van der Waals surface area contributed by atoms with E-state index in [0.717, 1.165) is 22.8 Å². The number of hydrogen-bond acceptors (Lipinski definition) is 5. The molecule has 1 heterocycles. The minimum atomic E-state index is -1.07. The van der Waals surface area contributed by atoms with Crippen LogP contribution >= 0.6 is 11.3 Å². The first-order chi connectivity index (χ1) is 14.9. The van der Waals surface area contributed by atoms with Crippen molar-refractivity contribution in [1.82, 2.24) is 10.3 Å². The van der Waals surface area contributed by atoms with E-state index in [1.165, 1.54) is 12.1 Å². The molecule has 0 spiro atoms. The second-order valence-electron chi connectivity index (χ2n) is 6.41. The number of thiazole rings is 1. The van der Waals surface area contributed by atoms with Crippen molar-refractivity contribution in [3.8, 4) is 5.75 Å². The number of para-hydroxylation sites is 1. The molecule has 2 amide bonds. The standard InChI is InChI=1S/C22H19F2N3O3S/c1-14-26-17(13-31-14)12-30-20-5-3-2-4-15(20)6-9-21(28)25-11-22(29)27-16-7-8-18(23)19(24)10-16/h2-10,13H,11-12H2,1H3,(H,25,28)(H,27,29)/b9-6+. The van der Waals surface area contributed by atoms with Crippen molar-refractivity contribution in [3.05, 3.63) is 81.8 Å². The first-order valence-electron chi connectivity index (χ1n) is 9.24. The van der Waals surface area contributed by atoms with Crippen molar-refractivity contribution in [1.29, 1.82) is 0 Å². The summed E-state index contributed by atoms with van der Waals surface area (Å²) in [6.45, 7) is 1.90. The number of ether oxygens (including phenoxy) is 1. The number of benzene rings is 2. The lowest BCUT2D eigenvalue weighted by Gasteiger charge is -2.08. The van der Waals surface area contributed by atoms with E-state index in [9.17, 15) is 18.4 Å². The number of nitrogens with zero attached hydrogens (tertiary/aromatic N) is 1. The predicted octanol–water partition coefficient (Wildman–Crippen LogP) is 4.08. The zero-order valence-corrected chi connectivity index (χ0v) is 17.3. The third-order valence-electron chi connectivity index (χ3n) is 4.00. The molecule has 0 atom stereocenters. The second kappa shape index (κ2) is 10.4. The zero-order valence-electron chi connectivity index (χ0n) is 16.5. The Morgan fingerprint density at radius 3 is 2.71 bits per heavy atom. The summed E-state index contributed by atoms with van der Waals surface area (Å²) < 4.78 is 31.9. The maximum Gasteiger partial charge on any atom is 0.244 e. The summed E-state index contributed by atoms with van der Waals surface area (Å²) in [5, 5.41) is 7.68. The molecule has 0 saturated heterocycles. The Labute approximate surface area is 181 Å². The number of amides is 2. The van der Waals surface area contributed by atoms with Crippen LogP contribution in [-0.4, -0.2) is 23.3 Å². The topological polar surface area (TPSA) is 80.3 Å². The lowest BCUT2D eigenvalue weighted by atomic mass is 10.2. The first-order valence-corrected chi connectivity index (χ1v) is 10.1. The molecule has 3 aromatic rings. The molecular formula is C22H19F2N3O3S. The smallest absolute Gasteiger partial charge is 0.244 e. The number of hydrogen-bond donors (Lipinski definition) is 2. The van der Waals surface area contributed by atoms with Gasteiger partial charge in [0.15, 0.2) is 11.6 Å². The van der Waals surface area contributed by atoms with Crippen LogP contribution < -0.4 is 15.4 Å². The van der Waals surface area contributed by atoms with Crippen molar-refractivity contribution in [2.45, 2.75) is 13.5 Å². The van der Waals surface area contributed by atoms with Crippen LogP contribution in [0.15, 0.2) is 53.9 Å². The minimum Gasteiger partial charge on any atom is -0.487 e. The molecule has 0 aliphatic carbocycles. The quantitative estimate of drug-likeness (QED) is 0.514. The number of aromatic nitrogens is 1. The average Bonchev–Trinajstić information content (AvgIpc) is 3.17. The highest BCUT2D eigenvalue weighted by Gasteiger charge is 2.08. The molecule has 3 rings (SSSR count). The average molecular weight is 443 g/mol. The molecule has 160 valence electrons. The van der Waals surface area contributed by atoms with Crippen molar-refractivity contribution in [3.63, 3.8) is 0 Å². The fraction of sp³-hybridized carbons (Fsp3) is 0.136. The van der Waals surface area contributed by atoms with Gasteiger partial charge in [-0.15, -0.1) is 11.3 Å². The highest BCUT2D eigenvalue weighted by molar-refractivity contribution is 7.09. The molecule has 2 N–H and O–H groups in total. The van der Waals surface area contributed by atoms with Gasteiger partial charge in [0.1, 0.15) is 12.4 Å². The molecule has 0 aliphatic heterocycles. The summed E-state index contributed by atoms with van der Waals surface area (Å²) in [6.07, 6.45) is 2.85. The third-order valence-corrected chi connectivity index (χ3v) is 4.82. The fourth-order valence-electron chi connectivity index (χ4n) is 2.55. The molecule has 0 fully saturated rings. The summed E-state index contributed by atoms with van der Waals surface area (Å²) in [7, 11) is 0. The SMILES string of the molecule is Cc1nc(COc2ccccc2/C=C/C(=O)NCC(=O)Nc2ccc(F)c(F)c2)cs1. The van der Waals surface area contributed by atoms with Gasteiger partial charge in [-0.3, -0.25) is 9.59 Å². The van der Waals surface area contributed by atoms with Crippen molar-refractivity contribution >= 4 is 34.9 Å². The third kappa shape index (κ3) is 6.71. The van der Waals surface area contributed by atoms with Crippen LogP contribution in [0.1, 0.15) is 16.3 Å². The monoisotopic (exact) mass is 443 g/mol. The molecule has 0 radical (unpaired) electrons. The summed E-state index contributed by atoms with van der Waals surface area (Å²) in [6, 6.07) is 10.2. The van der Waals surface area contributed by atoms with E-state index in [-0.39, 0.29) is 12.2 Å². The Balaban J connectivity index is 1.51. The highest BCUT2D eigenvalue weighted by Crippen LogP contribution is 2.21. The van der Waals surface area contributed by atoms with Gasteiger partial charge in [0.05, 0.1) is 17.2 Å². The van der Waals surface area contributed by atoms with Gasteiger partial charge in [-0.2, -0.15) is 0 Å². The highest BCUT2D eigenvalue weighted by atomic mass is 32.1. The number of halogens is 2. The van der Waals surface area contributed by atoms with Gasteiger partial charge < -0.3 is 15.4 Å². The van der Waals surface area contributed by atoms with E-state index >= 15 is 0 Å². The fourth-order valence-corrected chi connectivity index (χ4v) is 3.14. The second-order valence-corrected chi connectivity index (χ2v) is 7.47. The van der Waals surface area contributed by atoms with Gasteiger partial charge in [-0.1, -0.05) is 18.2 Å². The van der Waals surface area contributed by atoms with Gasteiger partial charge in [0.2, 0.25) is 11.8 Å². The normalized spacial score (nSPS) is 10.8.